The molecule has 0 aliphatic rings. The minimum atomic E-state index is -0.584. The third kappa shape index (κ3) is 22.0. The van der Waals surface area contributed by atoms with E-state index in [1.807, 2.05) is 116 Å². The maximum absolute atomic E-state index is 12.8. The number of benzene rings is 2. The van der Waals surface area contributed by atoms with Crippen LogP contribution in [-0.2, 0) is 32.0 Å². The summed E-state index contributed by atoms with van der Waals surface area (Å²) in [6.45, 7) is 19.8. The van der Waals surface area contributed by atoms with Crippen LogP contribution in [0.3, 0.4) is 0 Å². The van der Waals surface area contributed by atoms with Crippen LogP contribution in [-0.4, -0.2) is 84.4 Å². The lowest BCUT2D eigenvalue weighted by molar-refractivity contribution is -0.128. The summed E-state index contributed by atoms with van der Waals surface area (Å²) in [6, 6.07) is 14.1. The van der Waals surface area contributed by atoms with Crippen molar-refractivity contribution in [3.8, 4) is 0 Å². The van der Waals surface area contributed by atoms with Crippen molar-refractivity contribution in [3.63, 3.8) is 0 Å². The second-order valence-corrected chi connectivity index (χ2v) is 13.6. The van der Waals surface area contributed by atoms with Gasteiger partial charge in [0.25, 0.3) is 0 Å². The molecule has 2 heterocycles. The fourth-order valence-corrected chi connectivity index (χ4v) is 6.58. The van der Waals surface area contributed by atoms with Crippen molar-refractivity contribution in [2.75, 3.05) is 27.2 Å². The zero-order valence-corrected chi connectivity index (χ0v) is 39.8. The van der Waals surface area contributed by atoms with Gasteiger partial charge in [-0.2, -0.15) is 0 Å². The molecular weight excluding hydrogens is 785 g/mol. The molecule has 0 aliphatic carbocycles. The molecule has 0 bridgehead atoms. The molecule has 2 aromatic carbocycles. The number of carbonyl (C=O) groups excluding carboxylic acids is 6. The fraction of sp³-hybridized carbons (Fsp3) is 0.542. The lowest BCUT2D eigenvalue weighted by Gasteiger charge is -2.19. The monoisotopic (exact) mass is 865 g/mol. The zero-order chi connectivity index (χ0) is 47.6. The van der Waals surface area contributed by atoms with Crippen molar-refractivity contribution >= 4 is 57.0 Å². The van der Waals surface area contributed by atoms with Gasteiger partial charge in [-0.25, -0.2) is 9.59 Å². The predicted octanol–water partition coefficient (Wildman–Crippen LogP) is 7.93. The van der Waals surface area contributed by atoms with E-state index in [1.165, 1.54) is 13.8 Å². The molecule has 0 saturated carbocycles. The molecule has 4 rings (SSSR count). The number of likely N-dealkylation sites (N-methyl/N-ethyl adjacent to an activating group) is 2. The molecule has 0 unspecified atom stereocenters. The number of primary amides is 2. The summed E-state index contributed by atoms with van der Waals surface area (Å²) in [7, 11) is 3.52. The molecule has 348 valence electrons. The third-order valence-electron chi connectivity index (χ3n) is 9.77. The minimum absolute atomic E-state index is 0.00984. The van der Waals surface area contributed by atoms with Crippen LogP contribution in [0.2, 0.25) is 0 Å². The van der Waals surface area contributed by atoms with Gasteiger partial charge in [0.1, 0.15) is 11.6 Å². The van der Waals surface area contributed by atoms with Gasteiger partial charge in [0.15, 0.2) is 11.6 Å². The summed E-state index contributed by atoms with van der Waals surface area (Å²) in [5, 5.41) is 13.4. The van der Waals surface area contributed by atoms with E-state index < -0.39 is 12.1 Å². The van der Waals surface area contributed by atoms with Crippen molar-refractivity contribution in [3.05, 3.63) is 72.1 Å². The van der Waals surface area contributed by atoms with Crippen LogP contribution in [0.1, 0.15) is 119 Å². The van der Waals surface area contributed by atoms with Gasteiger partial charge in [-0.1, -0.05) is 91.8 Å². The highest BCUT2D eigenvalue weighted by Gasteiger charge is 2.26. The van der Waals surface area contributed by atoms with E-state index >= 15 is 0 Å². The highest BCUT2D eigenvalue weighted by atomic mass is 16.2. The number of nitrogens with one attached hydrogen (secondary N) is 6. The van der Waals surface area contributed by atoms with Gasteiger partial charge >= 0.3 is 12.1 Å². The first-order valence-electron chi connectivity index (χ1n) is 22.4. The average Bonchev–Trinajstić information content (AvgIpc) is 3.90. The highest BCUT2D eigenvalue weighted by molar-refractivity contribution is 5.92. The summed E-state index contributed by atoms with van der Waals surface area (Å²) >= 11 is 0. The van der Waals surface area contributed by atoms with Crippen molar-refractivity contribution in [2.24, 2.45) is 23.3 Å². The van der Waals surface area contributed by atoms with E-state index in [0.717, 1.165) is 32.9 Å². The van der Waals surface area contributed by atoms with Crippen LogP contribution < -0.4 is 32.7 Å². The first-order valence-corrected chi connectivity index (χ1v) is 22.4. The van der Waals surface area contributed by atoms with Crippen LogP contribution in [0.15, 0.2) is 60.9 Å². The normalized spacial score (nSPS) is 11.9. The van der Waals surface area contributed by atoms with E-state index in [1.54, 1.807) is 14.1 Å². The first kappa shape index (κ1) is 58.8. The van der Waals surface area contributed by atoms with Crippen LogP contribution in [0.4, 0.5) is 9.59 Å². The standard InChI is InChI=1S/2C20H28N4O3.4C2H6/c2*1-13(25)14(6-5-9-23-20(21)27)11-19(26)18(22-2)10-15-12-24-17-8-4-3-7-16(15)17;4*1-2/h2*3-4,7-8,12,14,18,22,24H,5-6,9-11H2,1-2H3,(H3,21,23,27);4*1-2H3/t2*14-,18+;;;;/m10..../s1. The second-order valence-electron chi connectivity index (χ2n) is 13.6. The van der Waals surface area contributed by atoms with E-state index in [-0.39, 0.29) is 59.9 Å². The van der Waals surface area contributed by atoms with Gasteiger partial charge in [0.05, 0.1) is 12.1 Å². The molecular formula is C48H80N8O6. The fourth-order valence-electron chi connectivity index (χ4n) is 6.58. The molecule has 4 atom stereocenters. The van der Waals surface area contributed by atoms with E-state index in [4.69, 9.17) is 11.5 Å². The molecule has 0 fully saturated rings. The summed E-state index contributed by atoms with van der Waals surface area (Å²) < 4.78 is 0. The molecule has 4 aromatic rings. The quantitative estimate of drug-likeness (QED) is 0.0361. The van der Waals surface area contributed by atoms with E-state index in [2.05, 4.69) is 31.2 Å². The lowest BCUT2D eigenvalue weighted by atomic mass is 9.89. The number of ketones is 4. The number of hydrogen-bond donors (Lipinski definition) is 8. The van der Waals surface area contributed by atoms with E-state index in [0.29, 0.717) is 51.6 Å². The minimum Gasteiger partial charge on any atom is -0.361 e. The summed E-state index contributed by atoms with van der Waals surface area (Å²) in [5.41, 5.74) is 14.3. The topological polar surface area (TPSA) is 234 Å². The predicted molar refractivity (Wildman–Crippen MR) is 256 cm³/mol. The van der Waals surface area contributed by atoms with Gasteiger partial charge in [-0.15, -0.1) is 0 Å². The smallest absolute Gasteiger partial charge is 0.312 e. The molecule has 0 spiro atoms. The number of aromatic nitrogens is 2. The summed E-state index contributed by atoms with van der Waals surface area (Å²) in [6.07, 6.45) is 7.68. The Morgan fingerprint density at radius 2 is 0.871 bits per heavy atom. The number of amides is 4. The Morgan fingerprint density at radius 1 is 0.548 bits per heavy atom. The maximum Gasteiger partial charge on any atom is 0.312 e. The van der Waals surface area contributed by atoms with Gasteiger partial charge in [-0.05, 0) is 89.7 Å². The van der Waals surface area contributed by atoms with Gasteiger partial charge < -0.3 is 42.7 Å². The SMILES string of the molecule is CC.CC.CC.CC.CN[C@@H](Cc1c[nH]c2ccccc12)C(=O)C[C@@H](CCCNC(N)=O)C(C)=O.CN[C@H](Cc1c[nH]c2ccccc12)C(=O)C[C@H](CCCNC(N)=O)C(C)=O. The van der Waals surface area contributed by atoms with Crippen molar-refractivity contribution in [1.29, 1.82) is 0 Å². The first-order chi connectivity index (χ1) is 29.8. The molecule has 4 amide bonds. The molecule has 0 aliphatic heterocycles. The number of fused-ring (bicyclic) bond motifs is 2. The van der Waals surface area contributed by atoms with Gasteiger partial charge in [0, 0.05) is 72.0 Å². The number of nitrogens with two attached hydrogens (primary N) is 2. The Kier molecular flexibility index (Phi) is 33.4. The molecule has 14 nitrogen and oxygen atoms in total. The maximum atomic E-state index is 12.8. The van der Waals surface area contributed by atoms with Crippen LogP contribution in [0.5, 0.6) is 0 Å². The Labute approximate surface area is 371 Å². The average molecular weight is 865 g/mol. The van der Waals surface area contributed by atoms with E-state index in [9.17, 15) is 28.8 Å². The van der Waals surface area contributed by atoms with Gasteiger partial charge in [0.2, 0.25) is 0 Å². The molecule has 62 heavy (non-hydrogen) atoms. The number of carbonyl (C=O) groups is 6. The van der Waals surface area contributed by atoms with Gasteiger partial charge in [-0.3, -0.25) is 19.2 Å². The van der Waals surface area contributed by atoms with Crippen LogP contribution >= 0.6 is 0 Å². The third-order valence-corrected chi connectivity index (χ3v) is 9.77. The zero-order valence-electron chi connectivity index (χ0n) is 39.8. The molecule has 2 aromatic heterocycles. The van der Waals surface area contributed by atoms with Crippen LogP contribution in [0.25, 0.3) is 21.8 Å². The molecule has 0 saturated heterocycles. The van der Waals surface area contributed by atoms with Crippen molar-refractivity contribution < 1.29 is 28.8 Å². The largest absolute Gasteiger partial charge is 0.361 e. The number of Topliss-reactive ketones (excluding diaryl/α,β-unsaturated/α-hetero) is 4. The summed E-state index contributed by atoms with van der Waals surface area (Å²) in [4.78, 5) is 77.3. The number of rotatable bonds is 22. The number of aromatic amines is 2. The molecule has 0 radical (unpaired) electrons. The molecule has 10 N–H and O–H groups in total. The summed E-state index contributed by atoms with van der Waals surface area (Å²) in [5.74, 6) is -0.664. The highest BCUT2D eigenvalue weighted by Crippen LogP contribution is 2.23. The Hall–Kier alpha value is -5.34. The molecule has 14 heteroatoms. The van der Waals surface area contributed by atoms with Crippen LogP contribution in [0, 0.1) is 11.8 Å². The Balaban J connectivity index is 0. The number of H-pyrrole nitrogens is 2. The Bertz CT molecular complexity index is 1740. The number of para-hydroxylation sites is 2. The Morgan fingerprint density at radius 3 is 1.16 bits per heavy atom. The lowest BCUT2D eigenvalue weighted by Crippen LogP contribution is -2.38. The number of hydrogen-bond acceptors (Lipinski definition) is 8. The van der Waals surface area contributed by atoms with Crippen molar-refractivity contribution in [1.82, 2.24) is 31.2 Å². The van der Waals surface area contributed by atoms with Crippen molar-refractivity contribution in [2.45, 2.75) is 133 Å². The number of urea groups is 2. The second kappa shape index (κ2) is 35.3.